The van der Waals surface area contributed by atoms with Crippen LogP contribution in [0.3, 0.4) is 0 Å². The molecule has 2 rings (SSSR count). The topological polar surface area (TPSA) is 77.8 Å². The number of ether oxygens (including phenoxy) is 3. The third-order valence-electron chi connectivity index (χ3n) is 5.53. The first kappa shape index (κ1) is 25.3. The van der Waals surface area contributed by atoms with Gasteiger partial charge in [0, 0.05) is 6.26 Å². The van der Waals surface area contributed by atoms with E-state index in [1.807, 2.05) is 18.4 Å². The Morgan fingerprint density at radius 2 is 1.84 bits per heavy atom. The van der Waals surface area contributed by atoms with Gasteiger partial charge in [-0.1, -0.05) is 20.3 Å². The lowest BCUT2D eigenvalue weighted by molar-refractivity contribution is -0.138. The fourth-order valence-electron chi connectivity index (χ4n) is 3.94. The van der Waals surface area contributed by atoms with Crippen molar-refractivity contribution in [3.8, 4) is 17.6 Å². The summed E-state index contributed by atoms with van der Waals surface area (Å²) < 4.78 is 22.1. The fourth-order valence-corrected chi connectivity index (χ4v) is 7.18. The van der Waals surface area contributed by atoms with Crippen LogP contribution in [-0.4, -0.2) is 41.4 Å². The molecule has 0 fully saturated rings. The molecule has 0 spiro atoms. The Hall–Kier alpha value is -1.95. The van der Waals surface area contributed by atoms with E-state index < -0.39 is 14.3 Å². The molecule has 0 saturated carbocycles. The molecule has 1 aliphatic rings. The lowest BCUT2D eigenvalue weighted by Crippen LogP contribution is -2.26. The van der Waals surface area contributed by atoms with E-state index in [-0.39, 0.29) is 11.0 Å². The molecule has 0 heterocycles. The maximum absolute atomic E-state index is 12.7. The van der Waals surface area contributed by atoms with Crippen molar-refractivity contribution >= 4 is 31.9 Å². The van der Waals surface area contributed by atoms with Crippen LogP contribution in [0.5, 0.6) is 11.5 Å². The molecule has 0 amide bonds. The van der Waals surface area contributed by atoms with Crippen LogP contribution in [0.25, 0.3) is 5.57 Å². The number of rotatable bonds is 10. The van der Waals surface area contributed by atoms with Gasteiger partial charge in [0.25, 0.3) is 0 Å². The average Bonchev–Trinajstić information content (AvgIpc) is 2.97. The molecule has 31 heavy (non-hydrogen) atoms. The highest BCUT2D eigenvalue weighted by Gasteiger charge is 2.37. The molecule has 6 nitrogen and oxygen atoms in total. The van der Waals surface area contributed by atoms with Crippen LogP contribution in [0.4, 0.5) is 0 Å². The Bertz CT molecular complexity index is 889. The third-order valence-corrected chi connectivity index (χ3v) is 9.56. The normalized spacial score (nSPS) is 16.3. The van der Waals surface area contributed by atoms with Gasteiger partial charge < -0.3 is 18.1 Å². The number of allylic oxidation sites excluding steroid dienone is 1. The molecule has 1 aliphatic carbocycles. The summed E-state index contributed by atoms with van der Waals surface area (Å²) >= 11 is 1.41. The SMILES string of the molecule is COc1cc2c(cc1OC)C(C)(C)C/C2=C(/C#N)C(=O)OCCCC[Si](C)(C)OSC. The van der Waals surface area contributed by atoms with Crippen LogP contribution in [0.15, 0.2) is 17.7 Å². The fraction of sp³-hybridized carbons (Fsp3) is 0.565. The second-order valence-electron chi connectivity index (χ2n) is 8.88. The van der Waals surface area contributed by atoms with Gasteiger partial charge in [-0.25, -0.2) is 4.79 Å². The van der Waals surface area contributed by atoms with Gasteiger partial charge in [0.2, 0.25) is 8.32 Å². The standard InChI is InChI=1S/C23H33NO5SSi/c1-23(2)14-17(16-12-20(26-3)21(27-4)13-19(16)23)18(15-24)22(25)28-10-8-9-11-31(6,7)29-30-5/h12-13H,8-11,14H2,1-7H3/b18-17+. The van der Waals surface area contributed by atoms with Gasteiger partial charge in [-0.2, -0.15) is 5.26 Å². The first-order valence-electron chi connectivity index (χ1n) is 10.4. The third kappa shape index (κ3) is 6.06. The Kier molecular flexibility index (Phi) is 8.63. The van der Waals surface area contributed by atoms with E-state index in [4.69, 9.17) is 18.1 Å². The predicted octanol–water partition coefficient (Wildman–Crippen LogP) is 5.49. The zero-order chi connectivity index (χ0) is 23.2. The van der Waals surface area contributed by atoms with Crippen molar-refractivity contribution < 1.29 is 22.9 Å². The highest BCUT2D eigenvalue weighted by atomic mass is 32.2. The summed E-state index contributed by atoms with van der Waals surface area (Å²) in [6.45, 7) is 8.83. The zero-order valence-corrected chi connectivity index (χ0v) is 21.4. The molecule has 0 saturated heterocycles. The van der Waals surface area contributed by atoms with Crippen LogP contribution in [0, 0.1) is 11.3 Å². The molecule has 170 valence electrons. The second-order valence-corrected chi connectivity index (χ2v) is 13.9. The van der Waals surface area contributed by atoms with E-state index in [1.54, 1.807) is 14.2 Å². The van der Waals surface area contributed by atoms with E-state index in [0.29, 0.717) is 30.1 Å². The Morgan fingerprint density at radius 3 is 2.42 bits per heavy atom. The van der Waals surface area contributed by atoms with Gasteiger partial charge in [-0.15, -0.1) is 0 Å². The number of carbonyl (C=O) groups excluding carboxylic acids is 1. The monoisotopic (exact) mass is 463 g/mol. The van der Waals surface area contributed by atoms with Crippen LogP contribution >= 0.6 is 12.0 Å². The summed E-state index contributed by atoms with van der Waals surface area (Å²) in [6.07, 6.45) is 4.18. The summed E-state index contributed by atoms with van der Waals surface area (Å²) in [4.78, 5) is 12.7. The van der Waals surface area contributed by atoms with Gasteiger partial charge in [-0.3, -0.25) is 0 Å². The summed E-state index contributed by atoms with van der Waals surface area (Å²) in [7, 11) is 1.50. The number of methoxy groups -OCH3 is 2. The van der Waals surface area contributed by atoms with E-state index in [2.05, 4.69) is 33.0 Å². The summed E-state index contributed by atoms with van der Waals surface area (Å²) in [5.74, 6) is 0.641. The molecule has 0 aromatic heterocycles. The summed E-state index contributed by atoms with van der Waals surface area (Å²) in [5.41, 5.74) is 2.41. The number of nitriles is 1. The van der Waals surface area contributed by atoms with Crippen LogP contribution in [0.1, 0.15) is 44.2 Å². The maximum Gasteiger partial charge on any atom is 0.349 e. The molecule has 0 radical (unpaired) electrons. The highest BCUT2D eigenvalue weighted by Crippen LogP contribution is 2.50. The smallest absolute Gasteiger partial charge is 0.349 e. The minimum atomic E-state index is -1.66. The van der Waals surface area contributed by atoms with E-state index >= 15 is 0 Å². The summed E-state index contributed by atoms with van der Waals surface area (Å²) in [6, 6.07) is 6.87. The zero-order valence-electron chi connectivity index (χ0n) is 19.6. The molecule has 0 N–H and O–H groups in total. The number of nitrogens with zero attached hydrogens (tertiary/aromatic N) is 1. The van der Waals surface area contributed by atoms with Gasteiger partial charge in [0.05, 0.1) is 20.8 Å². The number of unbranched alkanes of at least 4 members (excludes halogenated alkanes) is 1. The minimum absolute atomic E-state index is 0.0690. The largest absolute Gasteiger partial charge is 0.493 e. The van der Waals surface area contributed by atoms with E-state index in [0.717, 1.165) is 30.0 Å². The van der Waals surface area contributed by atoms with Gasteiger partial charge in [0.15, 0.2) is 11.5 Å². The van der Waals surface area contributed by atoms with Crippen molar-refractivity contribution in [1.82, 2.24) is 0 Å². The van der Waals surface area contributed by atoms with Crippen molar-refractivity contribution in [2.75, 3.05) is 27.1 Å². The van der Waals surface area contributed by atoms with Gasteiger partial charge in [0.1, 0.15) is 11.6 Å². The van der Waals surface area contributed by atoms with Crippen molar-refractivity contribution in [3.63, 3.8) is 0 Å². The van der Waals surface area contributed by atoms with Crippen molar-refractivity contribution in [2.45, 2.75) is 57.7 Å². The molecule has 0 aliphatic heterocycles. The predicted molar refractivity (Wildman–Crippen MR) is 127 cm³/mol. The van der Waals surface area contributed by atoms with E-state index in [9.17, 15) is 10.1 Å². The van der Waals surface area contributed by atoms with Gasteiger partial charge >= 0.3 is 5.97 Å². The Morgan fingerprint density at radius 1 is 1.19 bits per heavy atom. The number of hydrogen-bond acceptors (Lipinski definition) is 7. The van der Waals surface area contributed by atoms with Crippen LogP contribution < -0.4 is 9.47 Å². The lowest BCUT2D eigenvalue weighted by atomic mass is 9.86. The van der Waals surface area contributed by atoms with Crippen molar-refractivity contribution in [1.29, 1.82) is 5.26 Å². The van der Waals surface area contributed by atoms with Crippen molar-refractivity contribution in [2.24, 2.45) is 0 Å². The van der Waals surface area contributed by atoms with Crippen molar-refractivity contribution in [3.05, 3.63) is 28.8 Å². The molecule has 1 aromatic rings. The lowest BCUT2D eigenvalue weighted by Gasteiger charge is -2.20. The van der Waals surface area contributed by atoms with Crippen LogP contribution in [0.2, 0.25) is 19.1 Å². The highest BCUT2D eigenvalue weighted by molar-refractivity contribution is 7.94. The van der Waals surface area contributed by atoms with Gasteiger partial charge in [-0.05, 0) is 78.3 Å². The number of benzene rings is 1. The quantitative estimate of drug-likeness (QED) is 0.113. The Balaban J connectivity index is 2.17. The maximum atomic E-state index is 12.7. The average molecular weight is 464 g/mol. The molecule has 0 bridgehead atoms. The minimum Gasteiger partial charge on any atom is -0.493 e. The first-order valence-corrected chi connectivity index (χ1v) is 14.7. The number of carbonyl (C=O) groups is 1. The first-order chi connectivity index (χ1) is 14.6. The summed E-state index contributed by atoms with van der Waals surface area (Å²) in [5, 5.41) is 9.77. The molecule has 0 atom stereocenters. The van der Waals surface area contributed by atoms with E-state index in [1.165, 1.54) is 12.0 Å². The molecule has 1 aromatic carbocycles. The Labute approximate surface area is 191 Å². The second kappa shape index (κ2) is 10.6. The molecule has 8 heteroatoms. The number of fused-ring (bicyclic) bond motifs is 1. The molecular formula is C23H33NO5SSi. The van der Waals surface area contributed by atoms with Crippen LogP contribution in [-0.2, 0) is 18.8 Å². The molecular weight excluding hydrogens is 430 g/mol. The number of hydrogen-bond donors (Lipinski definition) is 0. The molecule has 0 unspecified atom stereocenters. The number of esters is 1.